The number of anilines is 2. The van der Waals surface area contributed by atoms with Crippen molar-refractivity contribution in [3.8, 4) is 17.6 Å². The van der Waals surface area contributed by atoms with Crippen LogP contribution in [0.5, 0.6) is 11.5 Å². The van der Waals surface area contributed by atoms with Crippen molar-refractivity contribution in [3.63, 3.8) is 0 Å². The van der Waals surface area contributed by atoms with Gasteiger partial charge in [-0.1, -0.05) is 12.1 Å². The van der Waals surface area contributed by atoms with E-state index in [2.05, 4.69) is 10.6 Å². The summed E-state index contributed by atoms with van der Waals surface area (Å²) in [5.41, 5.74) is 2.42. The van der Waals surface area contributed by atoms with Crippen LogP contribution in [0.4, 0.5) is 15.8 Å². The third-order valence-corrected chi connectivity index (χ3v) is 5.48. The number of methoxy groups -OCH3 is 1. The Labute approximate surface area is 215 Å². The molecule has 178 valence electrons. The fraction of sp³-hybridized carbons (Fsp3) is 0.115. The van der Waals surface area contributed by atoms with Crippen molar-refractivity contribution in [3.05, 3.63) is 86.8 Å². The van der Waals surface area contributed by atoms with Crippen LogP contribution >= 0.6 is 22.6 Å². The summed E-state index contributed by atoms with van der Waals surface area (Å²) < 4.78 is 24.8. The highest BCUT2D eigenvalue weighted by Crippen LogP contribution is 2.34. The fourth-order valence-corrected chi connectivity index (χ4v) is 3.85. The van der Waals surface area contributed by atoms with E-state index in [9.17, 15) is 19.2 Å². The predicted molar refractivity (Wildman–Crippen MR) is 140 cm³/mol. The molecule has 0 unspecified atom stereocenters. The number of ether oxygens (including phenoxy) is 2. The summed E-state index contributed by atoms with van der Waals surface area (Å²) >= 11 is 2.02. The molecule has 0 saturated carbocycles. The van der Waals surface area contributed by atoms with Crippen LogP contribution in [0.2, 0.25) is 0 Å². The molecule has 0 atom stereocenters. The van der Waals surface area contributed by atoms with Crippen LogP contribution in [0.3, 0.4) is 0 Å². The Hall–Kier alpha value is -3.91. The molecule has 2 amide bonds. The minimum absolute atomic E-state index is 0.154. The molecule has 0 aliphatic rings. The number of hydrogen-bond acceptors (Lipinski definition) is 5. The molecule has 0 spiro atoms. The van der Waals surface area contributed by atoms with E-state index in [1.807, 2.05) is 53.8 Å². The molecular weight excluding hydrogens is 564 g/mol. The number of carbonyl (C=O) groups is 2. The van der Waals surface area contributed by atoms with Crippen molar-refractivity contribution in [2.24, 2.45) is 0 Å². The molecule has 0 aromatic heterocycles. The van der Waals surface area contributed by atoms with Gasteiger partial charge in [-0.2, -0.15) is 5.26 Å². The van der Waals surface area contributed by atoms with Gasteiger partial charge in [0.2, 0.25) is 0 Å². The minimum atomic E-state index is -0.638. The smallest absolute Gasteiger partial charge is 0.266 e. The maximum atomic E-state index is 13.1. The number of halogens is 2. The average molecular weight is 585 g/mol. The number of carbonyl (C=O) groups excluding carboxylic acids is 2. The van der Waals surface area contributed by atoms with Gasteiger partial charge in [0, 0.05) is 11.4 Å². The largest absolute Gasteiger partial charge is 0.493 e. The van der Waals surface area contributed by atoms with Gasteiger partial charge in [-0.05, 0) is 95.2 Å². The summed E-state index contributed by atoms with van der Waals surface area (Å²) in [6.07, 6.45) is 1.40. The standard InChI is InChI=1S/C26H21FIN3O4/c1-16-4-3-5-21(10-16)30-24(32)15-35-25-22(28)12-17(13-23(25)34-2)11-18(14-29)26(33)31-20-8-6-19(27)7-9-20/h3-13H,15H2,1-2H3,(H,30,32)(H,31,33)/b18-11+. The molecule has 2 N–H and O–H groups in total. The molecule has 35 heavy (non-hydrogen) atoms. The first-order valence-electron chi connectivity index (χ1n) is 10.3. The normalized spacial score (nSPS) is 10.8. The van der Waals surface area contributed by atoms with E-state index < -0.39 is 11.7 Å². The quantitative estimate of drug-likeness (QED) is 0.212. The monoisotopic (exact) mass is 585 g/mol. The number of aryl methyl sites for hydroxylation is 1. The second-order valence-corrected chi connectivity index (χ2v) is 8.53. The van der Waals surface area contributed by atoms with Crippen molar-refractivity contribution in [1.29, 1.82) is 5.26 Å². The molecule has 3 rings (SSSR count). The molecule has 9 heteroatoms. The van der Waals surface area contributed by atoms with Crippen molar-refractivity contribution in [1.82, 2.24) is 0 Å². The summed E-state index contributed by atoms with van der Waals surface area (Å²) in [5.74, 6) is -0.708. The third kappa shape index (κ3) is 7.28. The Bertz CT molecular complexity index is 1320. The first-order chi connectivity index (χ1) is 16.8. The fourth-order valence-electron chi connectivity index (χ4n) is 3.07. The number of nitrogens with zero attached hydrogens (tertiary/aromatic N) is 1. The molecule has 0 saturated heterocycles. The highest BCUT2D eigenvalue weighted by molar-refractivity contribution is 14.1. The lowest BCUT2D eigenvalue weighted by Gasteiger charge is -2.14. The summed E-state index contributed by atoms with van der Waals surface area (Å²) in [4.78, 5) is 24.8. The Balaban J connectivity index is 1.73. The van der Waals surface area contributed by atoms with Gasteiger partial charge in [0.05, 0.1) is 10.7 Å². The first-order valence-corrected chi connectivity index (χ1v) is 11.4. The lowest BCUT2D eigenvalue weighted by Crippen LogP contribution is -2.20. The number of amides is 2. The van der Waals surface area contributed by atoms with E-state index in [1.54, 1.807) is 18.2 Å². The van der Waals surface area contributed by atoms with E-state index in [1.165, 1.54) is 37.5 Å². The highest BCUT2D eigenvalue weighted by atomic mass is 127. The number of nitriles is 1. The van der Waals surface area contributed by atoms with Crippen molar-refractivity contribution in [2.45, 2.75) is 6.92 Å². The first kappa shape index (κ1) is 25.7. The second kappa shape index (κ2) is 12.0. The average Bonchev–Trinajstić information content (AvgIpc) is 2.82. The highest BCUT2D eigenvalue weighted by Gasteiger charge is 2.15. The van der Waals surface area contributed by atoms with E-state index in [0.717, 1.165) is 5.56 Å². The van der Waals surface area contributed by atoms with Crippen LogP contribution in [0.25, 0.3) is 6.08 Å². The second-order valence-electron chi connectivity index (χ2n) is 7.37. The molecule has 0 heterocycles. The Morgan fingerprint density at radius 2 is 1.83 bits per heavy atom. The molecule has 7 nitrogen and oxygen atoms in total. The lowest BCUT2D eigenvalue weighted by molar-refractivity contribution is -0.118. The molecule has 0 aliphatic heterocycles. The molecule has 3 aromatic rings. The molecule has 0 fully saturated rings. The van der Waals surface area contributed by atoms with E-state index in [0.29, 0.717) is 32.0 Å². The van der Waals surface area contributed by atoms with Gasteiger partial charge in [-0.25, -0.2) is 4.39 Å². The number of rotatable bonds is 8. The Morgan fingerprint density at radius 1 is 1.09 bits per heavy atom. The van der Waals surface area contributed by atoms with Crippen molar-refractivity contribution in [2.75, 3.05) is 24.4 Å². The lowest BCUT2D eigenvalue weighted by atomic mass is 10.1. The molecule has 0 bridgehead atoms. The summed E-state index contributed by atoms with van der Waals surface area (Å²) in [6, 6.07) is 17.8. The topological polar surface area (TPSA) is 100 Å². The van der Waals surface area contributed by atoms with Gasteiger partial charge in [0.15, 0.2) is 18.1 Å². The predicted octanol–water partition coefficient (Wildman–Crippen LogP) is 5.31. The summed E-state index contributed by atoms with van der Waals surface area (Å²) in [5, 5.41) is 14.8. The van der Waals surface area contributed by atoms with E-state index in [4.69, 9.17) is 9.47 Å². The van der Waals surface area contributed by atoms with Gasteiger partial charge < -0.3 is 20.1 Å². The van der Waals surface area contributed by atoms with Gasteiger partial charge in [0.1, 0.15) is 17.5 Å². The number of benzene rings is 3. The summed E-state index contributed by atoms with van der Waals surface area (Å²) in [7, 11) is 1.45. The van der Waals surface area contributed by atoms with Crippen LogP contribution in [0.1, 0.15) is 11.1 Å². The van der Waals surface area contributed by atoms with Gasteiger partial charge in [-0.3, -0.25) is 9.59 Å². The van der Waals surface area contributed by atoms with Crippen LogP contribution in [0.15, 0.2) is 66.2 Å². The SMILES string of the molecule is COc1cc(/C=C(\C#N)C(=O)Nc2ccc(F)cc2)cc(I)c1OCC(=O)Nc1cccc(C)c1. The zero-order chi connectivity index (χ0) is 25.4. The maximum Gasteiger partial charge on any atom is 0.266 e. The van der Waals surface area contributed by atoms with Crippen LogP contribution in [0, 0.1) is 27.6 Å². The van der Waals surface area contributed by atoms with Crippen molar-refractivity contribution >= 4 is 51.9 Å². The maximum absolute atomic E-state index is 13.1. The minimum Gasteiger partial charge on any atom is -0.493 e. The Kier molecular flexibility index (Phi) is 8.80. The van der Waals surface area contributed by atoms with Gasteiger partial charge >= 0.3 is 0 Å². The number of hydrogen-bond donors (Lipinski definition) is 2. The Morgan fingerprint density at radius 3 is 2.49 bits per heavy atom. The van der Waals surface area contributed by atoms with Gasteiger partial charge in [-0.15, -0.1) is 0 Å². The van der Waals surface area contributed by atoms with Crippen LogP contribution in [-0.4, -0.2) is 25.5 Å². The molecule has 0 radical (unpaired) electrons. The van der Waals surface area contributed by atoms with Crippen LogP contribution in [-0.2, 0) is 9.59 Å². The van der Waals surface area contributed by atoms with E-state index >= 15 is 0 Å². The summed E-state index contributed by atoms with van der Waals surface area (Å²) in [6.45, 7) is 1.69. The third-order valence-electron chi connectivity index (χ3n) is 4.68. The molecule has 0 aliphatic carbocycles. The van der Waals surface area contributed by atoms with Crippen molar-refractivity contribution < 1.29 is 23.5 Å². The zero-order valence-electron chi connectivity index (χ0n) is 18.9. The van der Waals surface area contributed by atoms with Gasteiger partial charge in [0.25, 0.3) is 11.8 Å². The molecule has 3 aromatic carbocycles. The van der Waals surface area contributed by atoms with Crippen LogP contribution < -0.4 is 20.1 Å². The van der Waals surface area contributed by atoms with E-state index in [-0.39, 0.29) is 18.1 Å². The molecular formula is C26H21FIN3O4. The zero-order valence-corrected chi connectivity index (χ0v) is 21.1. The number of nitrogens with one attached hydrogen (secondary N) is 2.